The highest BCUT2D eigenvalue weighted by molar-refractivity contribution is 7.08. The van der Waals surface area contributed by atoms with Crippen LogP contribution in [0.3, 0.4) is 0 Å². The van der Waals surface area contributed by atoms with Crippen LogP contribution >= 0.6 is 11.3 Å². The van der Waals surface area contributed by atoms with Gasteiger partial charge in [0.05, 0.1) is 0 Å². The molecule has 19 heavy (non-hydrogen) atoms. The molecule has 0 fully saturated rings. The van der Waals surface area contributed by atoms with E-state index in [-0.39, 0.29) is 6.04 Å². The summed E-state index contributed by atoms with van der Waals surface area (Å²) in [5.41, 5.74) is 9.14. The molecule has 0 radical (unpaired) electrons. The van der Waals surface area contributed by atoms with Gasteiger partial charge < -0.3 is 11.1 Å². The monoisotopic (exact) mass is 269 g/mol. The summed E-state index contributed by atoms with van der Waals surface area (Å²) in [7, 11) is 0. The van der Waals surface area contributed by atoms with Gasteiger partial charge in [-0.25, -0.2) is 0 Å². The molecule has 0 saturated heterocycles. The van der Waals surface area contributed by atoms with Gasteiger partial charge in [-0.15, -0.1) is 0 Å². The Morgan fingerprint density at radius 3 is 2.89 bits per heavy atom. The van der Waals surface area contributed by atoms with E-state index in [2.05, 4.69) is 34.1 Å². The molecule has 1 aromatic carbocycles. The van der Waals surface area contributed by atoms with Crippen molar-refractivity contribution in [3.05, 3.63) is 53.0 Å². The average Bonchev–Trinajstić information content (AvgIpc) is 2.96. The maximum atomic E-state index is 6.00. The first-order valence-electron chi connectivity index (χ1n) is 6.16. The van der Waals surface area contributed by atoms with Crippen LogP contribution in [0, 0.1) is 0 Å². The number of hydrogen-bond donors (Lipinski definition) is 2. The topological polar surface area (TPSA) is 50.9 Å². The van der Waals surface area contributed by atoms with Crippen molar-refractivity contribution in [1.29, 1.82) is 0 Å². The summed E-state index contributed by atoms with van der Waals surface area (Å²) < 4.78 is 0. The van der Waals surface area contributed by atoms with Gasteiger partial charge in [0.15, 0.2) is 0 Å². The van der Waals surface area contributed by atoms with Crippen molar-refractivity contribution in [2.45, 2.75) is 13.0 Å². The van der Waals surface area contributed by atoms with Crippen LogP contribution in [0.4, 0.5) is 11.4 Å². The maximum Gasteiger partial charge on any atom is 0.0494 e. The number of pyridine rings is 1. The van der Waals surface area contributed by atoms with Crippen molar-refractivity contribution in [2.75, 3.05) is 11.1 Å². The molecule has 0 aliphatic carbocycles. The first kappa shape index (κ1) is 12.0. The number of fused-ring (bicyclic) bond motifs is 1. The van der Waals surface area contributed by atoms with Crippen LogP contribution in [0.5, 0.6) is 0 Å². The Bertz CT molecular complexity index is 692. The standard InChI is InChI=1S/C15H15N3S/c1-10(11-5-7-19-9-11)18-15-3-2-14(16)12-4-6-17-8-13(12)15/h2-10,18H,16H2,1H3. The van der Waals surface area contributed by atoms with E-state index in [9.17, 15) is 0 Å². The van der Waals surface area contributed by atoms with Crippen molar-refractivity contribution in [2.24, 2.45) is 0 Å². The van der Waals surface area contributed by atoms with Crippen molar-refractivity contribution in [3.63, 3.8) is 0 Å². The van der Waals surface area contributed by atoms with Crippen LogP contribution in [0.1, 0.15) is 18.5 Å². The quantitative estimate of drug-likeness (QED) is 0.705. The summed E-state index contributed by atoms with van der Waals surface area (Å²) in [5, 5.41) is 9.88. The normalized spacial score (nSPS) is 12.5. The number of thiophene rings is 1. The smallest absolute Gasteiger partial charge is 0.0494 e. The third-order valence-corrected chi connectivity index (χ3v) is 3.97. The van der Waals surface area contributed by atoms with Crippen LogP contribution in [-0.2, 0) is 0 Å². The second-order valence-corrected chi connectivity index (χ2v) is 5.33. The van der Waals surface area contributed by atoms with Crippen LogP contribution in [0.25, 0.3) is 10.8 Å². The molecule has 0 amide bonds. The average molecular weight is 269 g/mol. The number of nitrogens with two attached hydrogens (primary N) is 1. The highest BCUT2D eigenvalue weighted by atomic mass is 32.1. The van der Waals surface area contributed by atoms with E-state index in [4.69, 9.17) is 5.73 Å². The lowest BCUT2D eigenvalue weighted by Crippen LogP contribution is -2.06. The van der Waals surface area contributed by atoms with Gasteiger partial charge in [0, 0.05) is 40.6 Å². The number of rotatable bonds is 3. The summed E-state index contributed by atoms with van der Waals surface area (Å²) in [6, 6.07) is 8.30. The van der Waals surface area contributed by atoms with Crippen molar-refractivity contribution in [1.82, 2.24) is 4.98 Å². The van der Waals surface area contributed by atoms with E-state index in [1.807, 2.05) is 24.4 Å². The fourth-order valence-electron chi connectivity index (χ4n) is 2.18. The van der Waals surface area contributed by atoms with Crippen LogP contribution in [0.15, 0.2) is 47.4 Å². The predicted octanol–water partition coefficient (Wildman–Crippen LogP) is 4.05. The fraction of sp³-hybridized carbons (Fsp3) is 0.133. The van der Waals surface area contributed by atoms with E-state index >= 15 is 0 Å². The van der Waals surface area contributed by atoms with Crippen molar-refractivity contribution >= 4 is 33.5 Å². The Balaban J connectivity index is 2.00. The third kappa shape index (κ3) is 2.27. The number of anilines is 2. The highest BCUT2D eigenvalue weighted by Crippen LogP contribution is 2.30. The predicted molar refractivity (Wildman–Crippen MR) is 82.5 cm³/mol. The molecule has 3 N–H and O–H groups in total. The summed E-state index contributed by atoms with van der Waals surface area (Å²) in [6.45, 7) is 2.15. The lowest BCUT2D eigenvalue weighted by molar-refractivity contribution is 0.892. The van der Waals surface area contributed by atoms with E-state index < -0.39 is 0 Å². The lowest BCUT2D eigenvalue weighted by Gasteiger charge is -2.16. The summed E-state index contributed by atoms with van der Waals surface area (Å²) >= 11 is 1.71. The molecule has 3 rings (SSSR count). The zero-order valence-electron chi connectivity index (χ0n) is 10.6. The van der Waals surface area contributed by atoms with Gasteiger partial charge >= 0.3 is 0 Å². The maximum absolute atomic E-state index is 6.00. The number of nitrogens with zero attached hydrogens (tertiary/aromatic N) is 1. The van der Waals surface area contributed by atoms with E-state index in [0.717, 1.165) is 22.1 Å². The minimum absolute atomic E-state index is 0.262. The van der Waals surface area contributed by atoms with Gasteiger partial charge in [0.25, 0.3) is 0 Å². The Kier molecular flexibility index (Phi) is 3.09. The number of nitrogen functional groups attached to an aromatic ring is 1. The molecule has 96 valence electrons. The van der Waals surface area contributed by atoms with Gasteiger partial charge in [0.1, 0.15) is 0 Å². The molecule has 0 bridgehead atoms. The molecule has 0 aliphatic rings. The largest absolute Gasteiger partial charge is 0.398 e. The fourth-order valence-corrected chi connectivity index (χ4v) is 2.93. The highest BCUT2D eigenvalue weighted by Gasteiger charge is 2.09. The van der Waals surface area contributed by atoms with Crippen LogP contribution in [-0.4, -0.2) is 4.98 Å². The molecule has 2 heterocycles. The third-order valence-electron chi connectivity index (χ3n) is 3.27. The van der Waals surface area contributed by atoms with Crippen molar-refractivity contribution in [3.8, 4) is 0 Å². The Morgan fingerprint density at radius 1 is 1.21 bits per heavy atom. The molecule has 0 aliphatic heterocycles. The summed E-state index contributed by atoms with van der Waals surface area (Å²) in [5.74, 6) is 0. The summed E-state index contributed by atoms with van der Waals surface area (Å²) in [4.78, 5) is 4.19. The second kappa shape index (κ2) is 4.90. The molecule has 4 heteroatoms. The molecule has 2 aromatic heterocycles. The SMILES string of the molecule is CC(Nc1ccc(N)c2ccncc12)c1ccsc1. The molecule has 0 saturated carbocycles. The van der Waals surface area contributed by atoms with E-state index in [1.54, 1.807) is 17.5 Å². The number of aromatic nitrogens is 1. The Labute approximate surface area is 116 Å². The van der Waals surface area contributed by atoms with Gasteiger partial charge in [-0.2, -0.15) is 11.3 Å². The minimum Gasteiger partial charge on any atom is -0.398 e. The van der Waals surface area contributed by atoms with Crippen LogP contribution in [0.2, 0.25) is 0 Å². The molecule has 0 spiro atoms. The molecule has 3 aromatic rings. The molecule has 3 nitrogen and oxygen atoms in total. The zero-order valence-corrected chi connectivity index (χ0v) is 11.4. The van der Waals surface area contributed by atoms with Crippen LogP contribution < -0.4 is 11.1 Å². The minimum atomic E-state index is 0.262. The summed E-state index contributed by atoms with van der Waals surface area (Å²) in [6.07, 6.45) is 3.62. The van der Waals surface area contributed by atoms with Crippen molar-refractivity contribution < 1.29 is 0 Å². The second-order valence-electron chi connectivity index (χ2n) is 4.55. The van der Waals surface area contributed by atoms with Gasteiger partial charge in [-0.1, -0.05) is 0 Å². The number of hydrogen-bond acceptors (Lipinski definition) is 4. The zero-order chi connectivity index (χ0) is 13.2. The van der Waals surface area contributed by atoms with E-state index in [1.165, 1.54) is 5.56 Å². The lowest BCUT2D eigenvalue weighted by atomic mass is 10.1. The molecular weight excluding hydrogens is 254 g/mol. The number of benzene rings is 1. The van der Waals surface area contributed by atoms with Gasteiger partial charge in [-0.3, -0.25) is 4.98 Å². The van der Waals surface area contributed by atoms with E-state index in [0.29, 0.717) is 0 Å². The Morgan fingerprint density at radius 2 is 2.11 bits per heavy atom. The number of nitrogens with one attached hydrogen (secondary N) is 1. The first-order chi connectivity index (χ1) is 9.25. The van der Waals surface area contributed by atoms with Gasteiger partial charge in [0.2, 0.25) is 0 Å². The Hall–Kier alpha value is -2.07. The molecular formula is C15H15N3S. The first-order valence-corrected chi connectivity index (χ1v) is 7.11. The molecule has 1 unspecified atom stereocenters. The molecule has 1 atom stereocenters. The van der Waals surface area contributed by atoms with Gasteiger partial charge in [-0.05, 0) is 47.5 Å².